The summed E-state index contributed by atoms with van der Waals surface area (Å²) < 4.78 is 0. The Bertz CT molecular complexity index is 91.1. The van der Waals surface area contributed by atoms with E-state index in [1.807, 2.05) is 0 Å². The molecule has 0 aliphatic heterocycles. The van der Waals surface area contributed by atoms with E-state index in [2.05, 4.69) is 0 Å². The molecule has 0 heterocycles. The first-order valence-electron chi connectivity index (χ1n) is 2.76. The summed E-state index contributed by atoms with van der Waals surface area (Å²) in [5, 5.41) is 0. The van der Waals surface area contributed by atoms with Gasteiger partial charge in [-0.1, -0.05) is 6.92 Å². The zero-order valence-corrected chi connectivity index (χ0v) is 5.02. The fraction of sp³-hybridized carbons (Fsp3) is 0.667. The zero-order valence-electron chi connectivity index (χ0n) is 6.02. The molecule has 0 aromatic rings. The molecule has 0 aromatic carbocycles. The Balaban J connectivity index is 0. The van der Waals surface area contributed by atoms with Crippen molar-refractivity contribution in [1.29, 1.82) is 0 Å². The van der Waals surface area contributed by atoms with Gasteiger partial charge in [-0.3, -0.25) is 4.79 Å². The third-order valence-corrected chi connectivity index (χ3v) is 0.935. The molecule has 0 fully saturated rings. The van der Waals surface area contributed by atoms with E-state index in [1.54, 1.807) is 6.92 Å². The Morgan fingerprint density at radius 2 is 2.38 bits per heavy atom. The molecular weight excluding hydrogens is 104 g/mol. The molecule has 0 saturated carbocycles. The van der Waals surface area contributed by atoms with Crippen molar-refractivity contribution >= 4 is 12.1 Å². The van der Waals surface area contributed by atoms with Crippen LogP contribution >= 0.6 is 0 Å². The van der Waals surface area contributed by atoms with Crippen LogP contribution in [-0.2, 0) is 9.59 Å². The van der Waals surface area contributed by atoms with E-state index in [9.17, 15) is 9.59 Å². The summed E-state index contributed by atoms with van der Waals surface area (Å²) in [5.41, 5.74) is 0. The van der Waals surface area contributed by atoms with Crippen molar-refractivity contribution in [3.8, 4) is 0 Å². The molecule has 2 nitrogen and oxygen atoms in total. The second-order valence-electron chi connectivity index (χ2n) is 1.60. The Morgan fingerprint density at radius 1 is 1.75 bits per heavy atom. The van der Waals surface area contributed by atoms with Crippen molar-refractivity contribution in [3.05, 3.63) is 0 Å². The van der Waals surface area contributed by atoms with Crippen LogP contribution in [-0.4, -0.2) is 12.1 Å². The van der Waals surface area contributed by atoms with Gasteiger partial charge in [0.1, 0.15) is 12.1 Å². The van der Waals surface area contributed by atoms with Crippen LogP contribution in [0.4, 0.5) is 0 Å². The zero-order chi connectivity index (χ0) is 6.41. The summed E-state index contributed by atoms with van der Waals surface area (Å²) in [4.78, 5) is 20.1. The van der Waals surface area contributed by atoms with Gasteiger partial charge < -0.3 is 4.79 Å². The van der Waals surface area contributed by atoms with Crippen molar-refractivity contribution in [1.82, 2.24) is 0 Å². The van der Waals surface area contributed by atoms with Crippen molar-refractivity contribution in [3.63, 3.8) is 0 Å². The average molecular weight is 115 g/mol. The van der Waals surface area contributed by atoms with Crippen LogP contribution in [0.2, 0.25) is 0 Å². The number of carbonyl (C=O) groups is 2. The summed E-state index contributed by atoms with van der Waals surface area (Å²) in [6.45, 7) is 1.80. The number of rotatable bonds is 4. The minimum absolute atomic E-state index is 0. The van der Waals surface area contributed by atoms with Crippen LogP contribution in [0.1, 0.15) is 27.6 Å². The van der Waals surface area contributed by atoms with E-state index in [4.69, 9.17) is 0 Å². The maximum Gasteiger partial charge on any atom is 1.00 e. The summed E-state index contributed by atoms with van der Waals surface area (Å²) in [6, 6.07) is 0. The lowest BCUT2D eigenvalue weighted by Gasteiger charge is -1.86. The van der Waals surface area contributed by atoms with Gasteiger partial charge in [-0.05, 0) is 0 Å². The van der Waals surface area contributed by atoms with Gasteiger partial charge in [0.15, 0.2) is 0 Å². The standard InChI is InChI=1S/C6H10O2/c1-2-6(8)4-3-5-7/h5H,2-4H2,1H3/p+1. The number of carbonyl (C=O) groups excluding carboxylic acids is 2. The monoisotopic (exact) mass is 115 g/mol. The summed E-state index contributed by atoms with van der Waals surface area (Å²) in [7, 11) is 0. The van der Waals surface area contributed by atoms with Gasteiger partial charge in [0.2, 0.25) is 0 Å². The average Bonchev–Trinajstić information content (AvgIpc) is 1.83. The van der Waals surface area contributed by atoms with Crippen molar-refractivity contribution in [2.45, 2.75) is 26.2 Å². The van der Waals surface area contributed by atoms with Crippen LogP contribution in [0.15, 0.2) is 0 Å². The van der Waals surface area contributed by atoms with E-state index in [0.29, 0.717) is 19.3 Å². The first-order chi connectivity index (χ1) is 3.81. The molecule has 0 bridgehead atoms. The lowest BCUT2D eigenvalue weighted by Crippen LogP contribution is -1.93. The highest BCUT2D eigenvalue weighted by molar-refractivity contribution is 5.79. The Morgan fingerprint density at radius 3 is 2.75 bits per heavy atom. The van der Waals surface area contributed by atoms with Crippen LogP contribution in [0.25, 0.3) is 0 Å². The molecule has 2 heteroatoms. The molecule has 0 unspecified atom stereocenters. The third-order valence-electron chi connectivity index (χ3n) is 0.935. The molecule has 0 aromatic heterocycles. The summed E-state index contributed by atoms with van der Waals surface area (Å²) in [6.07, 6.45) is 2.12. The summed E-state index contributed by atoms with van der Waals surface area (Å²) in [5.74, 6) is 0.164. The number of aldehydes is 1. The quantitative estimate of drug-likeness (QED) is 0.513. The predicted molar refractivity (Wildman–Crippen MR) is 31.7 cm³/mol. The Kier molecular flexibility index (Phi) is 4.13. The molecule has 0 spiro atoms. The fourth-order valence-electron chi connectivity index (χ4n) is 0.397. The normalized spacial score (nSPS) is 8.62. The Hall–Kier alpha value is -0.660. The van der Waals surface area contributed by atoms with E-state index in [0.717, 1.165) is 6.29 Å². The molecule has 8 heavy (non-hydrogen) atoms. The lowest BCUT2D eigenvalue weighted by atomic mass is 10.2. The highest BCUT2D eigenvalue weighted by Crippen LogP contribution is 1.89. The molecule has 0 saturated heterocycles. The van der Waals surface area contributed by atoms with E-state index < -0.39 is 0 Å². The molecule has 0 aliphatic carbocycles. The first kappa shape index (κ1) is 7.34. The van der Waals surface area contributed by atoms with Gasteiger partial charge in [-0.15, -0.1) is 0 Å². The maximum absolute atomic E-state index is 10.4. The third kappa shape index (κ3) is 3.53. The largest absolute Gasteiger partial charge is 1.00 e. The van der Waals surface area contributed by atoms with Gasteiger partial charge in [-0.25, -0.2) is 0 Å². The van der Waals surface area contributed by atoms with E-state index >= 15 is 0 Å². The number of hydrogen-bond donors (Lipinski definition) is 0. The first-order valence-corrected chi connectivity index (χ1v) is 2.76. The highest BCUT2D eigenvalue weighted by atomic mass is 16.1. The molecule has 0 atom stereocenters. The number of ketones is 1. The van der Waals surface area contributed by atoms with Crippen LogP contribution in [0, 0.1) is 0 Å². The second-order valence-corrected chi connectivity index (χ2v) is 1.60. The van der Waals surface area contributed by atoms with Gasteiger partial charge >= 0.3 is 1.43 Å². The minimum Gasteiger partial charge on any atom is -0.303 e. The Labute approximate surface area is 50.4 Å². The van der Waals surface area contributed by atoms with E-state index in [-0.39, 0.29) is 7.21 Å². The lowest BCUT2D eigenvalue weighted by molar-refractivity contribution is -0.120. The highest BCUT2D eigenvalue weighted by Gasteiger charge is 1.93. The molecule has 0 N–H and O–H groups in total. The van der Waals surface area contributed by atoms with E-state index in [1.165, 1.54) is 0 Å². The predicted octanol–water partition coefficient (Wildman–Crippen LogP) is 1.06. The minimum atomic E-state index is 0. The molecule has 0 rings (SSSR count). The molecular formula is C6H11O2+. The van der Waals surface area contributed by atoms with Gasteiger partial charge in [0, 0.05) is 19.3 Å². The van der Waals surface area contributed by atoms with Crippen LogP contribution in [0.5, 0.6) is 0 Å². The van der Waals surface area contributed by atoms with Gasteiger partial charge in [-0.2, -0.15) is 0 Å². The second kappa shape index (κ2) is 4.50. The van der Waals surface area contributed by atoms with Crippen LogP contribution < -0.4 is 0 Å². The maximum atomic E-state index is 10.4. The number of Topliss-reactive ketones (excluding diaryl/α,β-unsaturated/α-hetero) is 1. The smallest absolute Gasteiger partial charge is 0.303 e. The van der Waals surface area contributed by atoms with Crippen LogP contribution in [0.3, 0.4) is 0 Å². The topological polar surface area (TPSA) is 34.1 Å². The van der Waals surface area contributed by atoms with Crippen molar-refractivity contribution in [2.75, 3.05) is 0 Å². The molecule has 46 valence electrons. The fourth-order valence-corrected chi connectivity index (χ4v) is 0.397. The SMILES string of the molecule is CCC(=O)CCC=O.[H+]. The molecule has 0 amide bonds. The van der Waals surface area contributed by atoms with Gasteiger partial charge in [0.05, 0.1) is 0 Å². The van der Waals surface area contributed by atoms with Crippen molar-refractivity contribution in [2.24, 2.45) is 0 Å². The number of hydrogen-bond acceptors (Lipinski definition) is 2. The van der Waals surface area contributed by atoms with Gasteiger partial charge in [0.25, 0.3) is 0 Å². The molecule has 0 radical (unpaired) electrons. The van der Waals surface area contributed by atoms with Crippen molar-refractivity contribution < 1.29 is 11.0 Å². The molecule has 0 aliphatic rings. The summed E-state index contributed by atoms with van der Waals surface area (Å²) >= 11 is 0.